The summed E-state index contributed by atoms with van der Waals surface area (Å²) in [6.45, 7) is 3.85. The zero-order valence-corrected chi connectivity index (χ0v) is 16.3. The lowest BCUT2D eigenvalue weighted by Gasteiger charge is -2.16. The topological polar surface area (TPSA) is 120 Å². The summed E-state index contributed by atoms with van der Waals surface area (Å²) >= 11 is 1.48. The van der Waals surface area contributed by atoms with Crippen LogP contribution in [-0.2, 0) is 0 Å². The van der Waals surface area contributed by atoms with Crippen LogP contribution in [0, 0.1) is 13.8 Å². The van der Waals surface area contributed by atoms with E-state index in [1.807, 2.05) is 26.0 Å². The van der Waals surface area contributed by atoms with E-state index in [4.69, 9.17) is 11.5 Å². The fourth-order valence-corrected chi connectivity index (χ4v) is 5.54. The van der Waals surface area contributed by atoms with E-state index in [9.17, 15) is 9.59 Å². The van der Waals surface area contributed by atoms with Crippen molar-refractivity contribution in [1.82, 2.24) is 14.8 Å². The van der Waals surface area contributed by atoms with E-state index in [2.05, 4.69) is 10.2 Å². The Labute approximate surface area is 164 Å². The minimum atomic E-state index is -0.628. The lowest BCUT2D eigenvalue weighted by atomic mass is 10.1. The summed E-state index contributed by atoms with van der Waals surface area (Å²) in [5.41, 5.74) is 15.3. The summed E-state index contributed by atoms with van der Waals surface area (Å²) in [6.07, 6.45) is 3.88. The van der Waals surface area contributed by atoms with Crippen molar-refractivity contribution in [2.24, 2.45) is 5.73 Å². The zero-order valence-electron chi connectivity index (χ0n) is 15.5. The zero-order chi connectivity index (χ0) is 19.7. The van der Waals surface area contributed by atoms with Crippen molar-refractivity contribution in [2.45, 2.75) is 32.6 Å². The molecule has 1 amide bonds. The normalized spacial score (nSPS) is 14.2. The monoisotopic (exact) mass is 393 g/mol. The number of pyridine rings is 1. The molecule has 8 heteroatoms. The van der Waals surface area contributed by atoms with Gasteiger partial charge in [0, 0.05) is 10.3 Å². The van der Waals surface area contributed by atoms with Crippen molar-refractivity contribution in [1.29, 1.82) is 0 Å². The van der Waals surface area contributed by atoms with Gasteiger partial charge >= 0.3 is 0 Å². The quantitative estimate of drug-likeness (QED) is 0.495. The molecule has 1 aliphatic carbocycles. The number of carbonyl (C=O) groups excluding carboxylic acids is 1. The Balaban J connectivity index is 1.99. The maximum absolute atomic E-state index is 13.6. The Morgan fingerprint density at radius 1 is 1.32 bits per heavy atom. The van der Waals surface area contributed by atoms with Gasteiger partial charge in [0.1, 0.15) is 5.82 Å². The highest BCUT2D eigenvalue weighted by molar-refractivity contribution is 7.19. The van der Waals surface area contributed by atoms with Crippen LogP contribution in [0.3, 0.4) is 0 Å². The molecule has 0 aliphatic heterocycles. The van der Waals surface area contributed by atoms with Gasteiger partial charge in [-0.05, 0) is 49.8 Å². The molecule has 5 rings (SSSR count). The number of nitrogens with one attached hydrogen (secondary N) is 1. The maximum Gasteiger partial charge on any atom is 0.265 e. The lowest BCUT2D eigenvalue weighted by Crippen LogP contribution is -2.27. The summed E-state index contributed by atoms with van der Waals surface area (Å²) < 4.78 is 2.02. The highest BCUT2D eigenvalue weighted by Gasteiger charge is 2.31. The standard InChI is InChI=1S/C20H19N5O2S/c1-8-3-6-12-11(7-23-24-12)15(8)25-18(21)14(19(22)26)17-13(20(25)27)9(2)16(28-17)10-4-5-10/h3,6-7,10H,4-5,21H2,1-2H3,(H2,22,26)(H,23,24). The van der Waals surface area contributed by atoms with E-state index >= 15 is 0 Å². The summed E-state index contributed by atoms with van der Waals surface area (Å²) in [5.74, 6) is -0.0893. The van der Waals surface area contributed by atoms with Gasteiger partial charge in [-0.1, -0.05) is 6.07 Å². The molecule has 5 N–H and O–H groups in total. The highest BCUT2D eigenvalue weighted by Crippen LogP contribution is 2.48. The molecule has 0 atom stereocenters. The molecule has 3 aromatic heterocycles. The van der Waals surface area contributed by atoms with Crippen molar-refractivity contribution < 1.29 is 4.79 Å². The molecule has 1 fully saturated rings. The minimum Gasteiger partial charge on any atom is -0.384 e. The molecule has 1 saturated carbocycles. The average Bonchev–Trinajstić information content (AvgIpc) is 3.27. The number of thiophene rings is 1. The van der Waals surface area contributed by atoms with Gasteiger partial charge in [0.15, 0.2) is 0 Å². The molecule has 0 unspecified atom stereocenters. The number of benzene rings is 1. The molecule has 3 heterocycles. The third-order valence-corrected chi connectivity index (χ3v) is 7.01. The number of fused-ring (bicyclic) bond motifs is 2. The van der Waals surface area contributed by atoms with Crippen LogP contribution in [0.15, 0.2) is 23.1 Å². The predicted octanol–water partition coefficient (Wildman–Crippen LogP) is 3.10. The summed E-state index contributed by atoms with van der Waals surface area (Å²) in [5, 5.41) is 8.30. The van der Waals surface area contributed by atoms with Crippen molar-refractivity contribution >= 4 is 44.1 Å². The van der Waals surface area contributed by atoms with Gasteiger partial charge in [0.25, 0.3) is 11.5 Å². The second-order valence-electron chi connectivity index (χ2n) is 7.40. The van der Waals surface area contributed by atoms with E-state index < -0.39 is 5.91 Å². The van der Waals surface area contributed by atoms with Gasteiger partial charge in [-0.15, -0.1) is 11.3 Å². The number of hydrogen-bond donors (Lipinski definition) is 3. The first-order chi connectivity index (χ1) is 13.4. The number of nitrogen functional groups attached to an aromatic ring is 1. The summed E-state index contributed by atoms with van der Waals surface area (Å²) in [6, 6.07) is 3.79. The Kier molecular flexibility index (Phi) is 3.45. The van der Waals surface area contributed by atoms with Gasteiger partial charge in [-0.25, -0.2) is 0 Å². The first kappa shape index (κ1) is 17.0. The minimum absolute atomic E-state index is 0.0744. The van der Waals surface area contributed by atoms with Gasteiger partial charge in [0.05, 0.1) is 33.1 Å². The number of carbonyl (C=O) groups is 1. The van der Waals surface area contributed by atoms with Crippen LogP contribution in [0.4, 0.5) is 5.82 Å². The number of aromatic amines is 1. The number of primary amides is 1. The SMILES string of the molecule is Cc1ccc2[nH]ncc2c1-n1c(N)c(C(N)=O)c2sc(C3CC3)c(C)c2c1=O. The number of anilines is 1. The predicted molar refractivity (Wildman–Crippen MR) is 111 cm³/mol. The third-order valence-electron chi connectivity index (χ3n) is 5.54. The van der Waals surface area contributed by atoms with Crippen LogP contribution in [0.25, 0.3) is 26.7 Å². The first-order valence-electron chi connectivity index (χ1n) is 9.10. The summed E-state index contributed by atoms with van der Waals surface area (Å²) in [7, 11) is 0. The number of aromatic nitrogens is 3. The third kappa shape index (κ3) is 2.18. The van der Waals surface area contributed by atoms with E-state index in [0.717, 1.165) is 39.7 Å². The Morgan fingerprint density at radius 2 is 2.07 bits per heavy atom. The second-order valence-corrected chi connectivity index (χ2v) is 8.45. The van der Waals surface area contributed by atoms with Crippen LogP contribution in [0.5, 0.6) is 0 Å². The Bertz CT molecular complexity index is 1360. The van der Waals surface area contributed by atoms with E-state index in [1.54, 1.807) is 6.20 Å². The molecule has 4 aromatic rings. The van der Waals surface area contributed by atoms with Gasteiger partial charge in [0.2, 0.25) is 0 Å². The first-order valence-corrected chi connectivity index (χ1v) is 9.92. The Hall–Kier alpha value is -3.13. The smallest absolute Gasteiger partial charge is 0.265 e. The van der Waals surface area contributed by atoms with Gasteiger partial charge in [-0.3, -0.25) is 19.3 Å². The number of H-pyrrole nitrogens is 1. The van der Waals surface area contributed by atoms with Gasteiger partial charge in [-0.2, -0.15) is 5.10 Å². The number of amides is 1. The van der Waals surface area contributed by atoms with Crippen LogP contribution in [0.1, 0.15) is 45.1 Å². The van der Waals surface area contributed by atoms with Crippen molar-refractivity contribution in [2.75, 3.05) is 5.73 Å². The number of nitrogens with two attached hydrogens (primary N) is 2. The molecular formula is C20H19N5O2S. The number of hydrogen-bond acceptors (Lipinski definition) is 5. The van der Waals surface area contributed by atoms with E-state index in [1.165, 1.54) is 15.9 Å². The van der Waals surface area contributed by atoms with Crippen LogP contribution < -0.4 is 17.0 Å². The van der Waals surface area contributed by atoms with Crippen molar-refractivity contribution in [3.8, 4) is 5.69 Å². The number of aryl methyl sites for hydroxylation is 2. The fourth-order valence-electron chi connectivity index (χ4n) is 4.02. The van der Waals surface area contributed by atoms with Crippen molar-refractivity contribution in [3.63, 3.8) is 0 Å². The number of rotatable bonds is 3. The second kappa shape index (κ2) is 5.68. The van der Waals surface area contributed by atoms with Crippen LogP contribution >= 0.6 is 11.3 Å². The van der Waals surface area contributed by atoms with Gasteiger partial charge < -0.3 is 11.5 Å². The molecule has 28 heavy (non-hydrogen) atoms. The van der Waals surface area contributed by atoms with E-state index in [0.29, 0.717) is 21.7 Å². The molecule has 1 aromatic carbocycles. The molecule has 7 nitrogen and oxygen atoms in total. The van der Waals surface area contributed by atoms with E-state index in [-0.39, 0.29) is 16.9 Å². The molecule has 1 aliphatic rings. The fraction of sp³-hybridized carbons (Fsp3) is 0.250. The molecule has 0 spiro atoms. The number of nitrogens with zero attached hydrogens (tertiary/aromatic N) is 2. The maximum atomic E-state index is 13.6. The van der Waals surface area contributed by atoms with Crippen molar-refractivity contribution in [3.05, 3.63) is 50.3 Å². The lowest BCUT2D eigenvalue weighted by molar-refractivity contribution is 0.100. The molecule has 0 saturated heterocycles. The summed E-state index contributed by atoms with van der Waals surface area (Å²) in [4.78, 5) is 27.1. The molecule has 0 radical (unpaired) electrons. The van der Waals surface area contributed by atoms with Crippen LogP contribution in [-0.4, -0.2) is 20.7 Å². The highest BCUT2D eigenvalue weighted by atomic mass is 32.1. The molecular weight excluding hydrogens is 374 g/mol. The van der Waals surface area contributed by atoms with Crippen LogP contribution in [0.2, 0.25) is 0 Å². The molecule has 0 bridgehead atoms. The largest absolute Gasteiger partial charge is 0.384 e. The molecule has 142 valence electrons. The average molecular weight is 393 g/mol. The Morgan fingerprint density at radius 3 is 2.75 bits per heavy atom.